The van der Waals surface area contributed by atoms with Crippen molar-refractivity contribution in [3.63, 3.8) is 0 Å². The summed E-state index contributed by atoms with van der Waals surface area (Å²) in [5.74, 6) is -3.07. The van der Waals surface area contributed by atoms with Crippen molar-refractivity contribution in [1.82, 2.24) is 9.97 Å². The van der Waals surface area contributed by atoms with Crippen molar-refractivity contribution >= 4 is 11.9 Å². The first-order valence-corrected chi connectivity index (χ1v) is 5.18. The van der Waals surface area contributed by atoms with E-state index in [4.69, 9.17) is 20.4 Å². The number of carbonyl (C=O) groups is 2. The molecule has 21 heavy (non-hydrogen) atoms. The van der Waals surface area contributed by atoms with E-state index < -0.39 is 11.9 Å². The first kappa shape index (κ1) is 18.3. The number of aromatic carboxylic acids is 2. The van der Waals surface area contributed by atoms with Crippen molar-refractivity contribution in [2.75, 3.05) is 0 Å². The van der Waals surface area contributed by atoms with Crippen LogP contribution in [-0.2, 0) is 16.8 Å². The van der Waals surface area contributed by atoms with Gasteiger partial charge >= 0.3 is 11.9 Å². The smallest absolute Gasteiger partial charge is 0.358 e. The van der Waals surface area contributed by atoms with Gasteiger partial charge in [0.1, 0.15) is 11.5 Å². The van der Waals surface area contributed by atoms with Gasteiger partial charge in [-0.15, -0.1) is 0 Å². The fourth-order valence-corrected chi connectivity index (χ4v) is 1.12. The number of carboxylic acid groups (broad SMARTS) is 2. The number of nitrogens with zero attached hydrogens (tertiary/aromatic N) is 2. The molecule has 0 amide bonds. The third-order valence-electron chi connectivity index (χ3n) is 1.98. The third kappa shape index (κ3) is 5.46. The Bertz CT molecular complexity index is 579. The van der Waals surface area contributed by atoms with Crippen LogP contribution in [0.5, 0.6) is 11.5 Å². The Morgan fingerprint density at radius 1 is 0.810 bits per heavy atom. The topological polar surface area (TPSA) is 141 Å². The summed E-state index contributed by atoms with van der Waals surface area (Å²) in [5.41, 5.74) is -0.634. The molecule has 0 aromatic carbocycles. The van der Waals surface area contributed by atoms with Crippen molar-refractivity contribution in [2.24, 2.45) is 0 Å². The molecular weight excluding hydrogens is 327 g/mol. The maximum Gasteiger partial charge on any atom is 0.358 e. The Kier molecular flexibility index (Phi) is 7.43. The van der Waals surface area contributed by atoms with Gasteiger partial charge in [0.2, 0.25) is 0 Å². The second kappa shape index (κ2) is 8.50. The summed E-state index contributed by atoms with van der Waals surface area (Å²) < 4.78 is 0. The van der Waals surface area contributed by atoms with Crippen LogP contribution in [0.25, 0.3) is 0 Å². The van der Waals surface area contributed by atoms with Crippen molar-refractivity contribution in [1.29, 1.82) is 0 Å². The molecule has 0 atom stereocenters. The molecule has 0 unspecified atom stereocenters. The Balaban J connectivity index is 0.000000364. The van der Waals surface area contributed by atoms with E-state index in [-0.39, 0.29) is 39.7 Å². The summed E-state index contributed by atoms with van der Waals surface area (Å²) in [6.07, 6.45) is 2.62. The molecule has 0 aliphatic heterocycles. The van der Waals surface area contributed by atoms with Gasteiger partial charge < -0.3 is 20.4 Å². The second-order valence-electron chi connectivity index (χ2n) is 3.35. The Labute approximate surface area is 128 Å². The van der Waals surface area contributed by atoms with Crippen LogP contribution < -0.4 is 0 Å². The van der Waals surface area contributed by atoms with E-state index in [9.17, 15) is 9.59 Å². The molecule has 4 N–H and O–H groups in total. The first-order valence-electron chi connectivity index (χ1n) is 5.18. The summed E-state index contributed by atoms with van der Waals surface area (Å²) in [6, 6.07) is 5.47. The predicted molar refractivity (Wildman–Crippen MR) is 65.7 cm³/mol. The molecule has 0 aliphatic rings. The minimum absolute atomic E-state index is 0. The van der Waals surface area contributed by atoms with E-state index in [0.29, 0.717) is 0 Å². The second-order valence-corrected chi connectivity index (χ2v) is 3.35. The SMILES string of the molecule is O=C(O)c1ncccc1O.O=C(O)c1ncccc1O.[Co]. The average Bonchev–Trinajstić information content (AvgIpc) is 2.40. The summed E-state index contributed by atoms with van der Waals surface area (Å²) in [7, 11) is 0. The van der Waals surface area contributed by atoms with Crippen LogP contribution in [0.15, 0.2) is 36.7 Å². The van der Waals surface area contributed by atoms with E-state index >= 15 is 0 Å². The molecule has 113 valence electrons. The van der Waals surface area contributed by atoms with E-state index in [1.807, 2.05) is 0 Å². The molecule has 0 aliphatic carbocycles. The third-order valence-corrected chi connectivity index (χ3v) is 1.98. The largest absolute Gasteiger partial charge is 0.505 e. The van der Waals surface area contributed by atoms with E-state index in [0.717, 1.165) is 0 Å². The van der Waals surface area contributed by atoms with Gasteiger partial charge in [-0.25, -0.2) is 19.6 Å². The fourth-order valence-electron chi connectivity index (χ4n) is 1.12. The predicted octanol–water partition coefficient (Wildman–Crippen LogP) is 0.968. The summed E-state index contributed by atoms with van der Waals surface area (Å²) in [4.78, 5) is 27.3. The molecule has 2 rings (SSSR count). The molecule has 8 nitrogen and oxygen atoms in total. The van der Waals surface area contributed by atoms with Crippen molar-refractivity contribution < 1.29 is 46.8 Å². The molecule has 0 bridgehead atoms. The summed E-state index contributed by atoms with van der Waals surface area (Å²) in [6.45, 7) is 0. The maximum absolute atomic E-state index is 10.2. The van der Waals surface area contributed by atoms with Gasteiger partial charge in [-0.05, 0) is 24.3 Å². The number of hydrogen-bond donors (Lipinski definition) is 4. The molecule has 9 heteroatoms. The zero-order chi connectivity index (χ0) is 15.1. The minimum Gasteiger partial charge on any atom is -0.505 e. The number of rotatable bonds is 2. The Morgan fingerprint density at radius 2 is 1.14 bits per heavy atom. The van der Waals surface area contributed by atoms with Crippen molar-refractivity contribution in [3.8, 4) is 11.5 Å². The van der Waals surface area contributed by atoms with Gasteiger partial charge in [0.25, 0.3) is 0 Å². The zero-order valence-corrected chi connectivity index (χ0v) is 11.3. The van der Waals surface area contributed by atoms with Crippen LogP contribution in [0.2, 0.25) is 0 Å². The summed E-state index contributed by atoms with van der Waals surface area (Å²) >= 11 is 0. The molecule has 2 heterocycles. The monoisotopic (exact) mass is 337 g/mol. The number of aromatic nitrogens is 2. The minimum atomic E-state index is -1.22. The summed E-state index contributed by atoms with van der Waals surface area (Å²) in [5, 5.41) is 34.4. The van der Waals surface area contributed by atoms with Crippen molar-refractivity contribution in [3.05, 3.63) is 48.0 Å². The van der Waals surface area contributed by atoms with Gasteiger partial charge in [-0.2, -0.15) is 0 Å². The van der Waals surface area contributed by atoms with Crippen LogP contribution in [-0.4, -0.2) is 42.3 Å². The molecular formula is C12H10CoN2O6. The van der Waals surface area contributed by atoms with Gasteiger partial charge in [0.15, 0.2) is 11.4 Å². The quantitative estimate of drug-likeness (QED) is 0.635. The molecule has 0 spiro atoms. The van der Waals surface area contributed by atoms with Crippen LogP contribution in [0.3, 0.4) is 0 Å². The zero-order valence-electron chi connectivity index (χ0n) is 10.3. The van der Waals surface area contributed by atoms with E-state index in [2.05, 4.69) is 9.97 Å². The van der Waals surface area contributed by atoms with Gasteiger partial charge in [0.05, 0.1) is 0 Å². The number of hydrogen-bond acceptors (Lipinski definition) is 6. The average molecular weight is 337 g/mol. The van der Waals surface area contributed by atoms with Crippen LogP contribution in [0.4, 0.5) is 0 Å². The van der Waals surface area contributed by atoms with Crippen LogP contribution >= 0.6 is 0 Å². The standard InChI is InChI=1S/2C6H5NO3.Co/c2*8-4-2-1-3-7-5(4)6(9)10;/h2*1-3,8H,(H,9,10);. The first-order chi connectivity index (χ1) is 9.43. The normalized spacial score (nSPS) is 8.76. The van der Waals surface area contributed by atoms with Crippen molar-refractivity contribution in [2.45, 2.75) is 0 Å². The molecule has 2 aromatic rings. The Morgan fingerprint density at radius 3 is 1.33 bits per heavy atom. The Hall–Kier alpha value is -2.65. The fraction of sp³-hybridized carbons (Fsp3) is 0. The number of pyridine rings is 2. The van der Waals surface area contributed by atoms with E-state index in [1.54, 1.807) is 0 Å². The molecule has 0 saturated heterocycles. The van der Waals surface area contributed by atoms with E-state index in [1.165, 1.54) is 36.7 Å². The van der Waals surface area contributed by atoms with Gasteiger partial charge in [-0.1, -0.05) is 0 Å². The van der Waals surface area contributed by atoms with Gasteiger partial charge in [0, 0.05) is 29.2 Å². The molecule has 0 saturated carbocycles. The van der Waals surface area contributed by atoms with Gasteiger partial charge in [-0.3, -0.25) is 0 Å². The number of aromatic hydroxyl groups is 2. The molecule has 0 fully saturated rings. The maximum atomic E-state index is 10.2. The molecule has 2 aromatic heterocycles. The number of carboxylic acids is 2. The van der Waals surface area contributed by atoms with Crippen LogP contribution in [0.1, 0.15) is 21.0 Å². The molecule has 1 radical (unpaired) electrons. The van der Waals surface area contributed by atoms with Crippen LogP contribution in [0, 0.1) is 0 Å².